The van der Waals surface area contributed by atoms with Crippen molar-refractivity contribution in [3.63, 3.8) is 0 Å². The molecule has 0 rings (SSSR count). The molecule has 0 aliphatic carbocycles. The number of rotatable bonds is 0. The van der Waals surface area contributed by atoms with Crippen molar-refractivity contribution < 1.29 is 33.9 Å². The molecule has 0 unspecified atom stereocenters. The summed E-state index contributed by atoms with van der Waals surface area (Å²) in [6.45, 7) is 0. The molecule has 0 aromatic rings. The van der Waals surface area contributed by atoms with Gasteiger partial charge in [-0.25, -0.2) is 0 Å². The molecule has 0 atom stereocenters. The van der Waals surface area contributed by atoms with E-state index in [9.17, 15) is 16.9 Å². The SMILES string of the molecule is [F][Sb-]([F])([F])([F])([F])[F].[Fe]. The van der Waals surface area contributed by atoms with Crippen LogP contribution in [0.4, 0.5) is 16.9 Å². The molecule has 0 spiro atoms. The molecule has 0 radical (unpaired) electrons. The van der Waals surface area contributed by atoms with Crippen LogP contribution in [0.25, 0.3) is 0 Å². The minimum atomic E-state index is -11.2. The second-order valence-electron chi connectivity index (χ2n) is 0.958. The Morgan fingerprint density at radius 3 is 0.625 bits per heavy atom. The van der Waals surface area contributed by atoms with Crippen molar-refractivity contribution in [3.05, 3.63) is 0 Å². The Hall–Kier alpha value is 0.918. The van der Waals surface area contributed by atoms with Gasteiger partial charge in [-0.1, -0.05) is 0 Å². The topological polar surface area (TPSA) is 0 Å². The summed E-state index contributed by atoms with van der Waals surface area (Å²) in [5.41, 5.74) is 0. The summed E-state index contributed by atoms with van der Waals surface area (Å²) in [6, 6.07) is 0. The maximum absolute atomic E-state index is 11.2. The van der Waals surface area contributed by atoms with Crippen LogP contribution >= 0.6 is 0 Å². The van der Waals surface area contributed by atoms with E-state index in [0.717, 1.165) is 0 Å². The van der Waals surface area contributed by atoms with Crippen molar-refractivity contribution in [2.24, 2.45) is 0 Å². The Kier molecular flexibility index (Phi) is 2.18. The van der Waals surface area contributed by atoms with E-state index < -0.39 is 19.5 Å². The third-order valence-electron chi connectivity index (χ3n) is 0. The fraction of sp³-hybridized carbons (Fsp3) is 0. The summed E-state index contributed by atoms with van der Waals surface area (Å²) in [7, 11) is 0. The van der Waals surface area contributed by atoms with Crippen molar-refractivity contribution in [1.82, 2.24) is 0 Å². The Morgan fingerprint density at radius 1 is 0.625 bits per heavy atom. The maximum atomic E-state index is 9.93. The number of halogens is 6. The number of hydrogen-bond donors (Lipinski definition) is 0. The fourth-order valence-corrected chi connectivity index (χ4v) is 0. The van der Waals surface area contributed by atoms with Crippen LogP contribution in [0.1, 0.15) is 0 Å². The Labute approximate surface area is 53.6 Å². The van der Waals surface area contributed by atoms with Gasteiger partial charge >= 0.3 is 36.4 Å². The molecule has 8 heteroatoms. The first-order chi connectivity index (χ1) is 2.45. The van der Waals surface area contributed by atoms with Gasteiger partial charge in [-0.05, 0) is 0 Å². The van der Waals surface area contributed by atoms with Crippen molar-refractivity contribution in [3.8, 4) is 0 Å². The molecule has 0 aliphatic rings. The first-order valence-corrected chi connectivity index (χ1v) is 6.80. The molecule has 0 saturated carbocycles. The van der Waals surface area contributed by atoms with E-state index >= 15 is 0 Å². The van der Waals surface area contributed by atoms with E-state index in [-0.39, 0.29) is 17.1 Å². The number of hydrogen-bond acceptors (Lipinski definition) is 0. The predicted molar refractivity (Wildman–Crippen MR) is 12.4 cm³/mol. The summed E-state index contributed by atoms with van der Waals surface area (Å²) in [5, 5.41) is 0. The second-order valence-corrected chi connectivity index (χ2v) is 6.43. The van der Waals surface area contributed by atoms with Crippen LogP contribution in [0.5, 0.6) is 0 Å². The second kappa shape index (κ2) is 1.50. The summed E-state index contributed by atoms with van der Waals surface area (Å²) < 4.78 is 59.6. The first kappa shape index (κ1) is 11.7. The largest absolute Gasteiger partial charge is 0 e. The van der Waals surface area contributed by atoms with Gasteiger partial charge in [0.1, 0.15) is 0 Å². The van der Waals surface area contributed by atoms with E-state index in [2.05, 4.69) is 0 Å². The zero-order chi connectivity index (χ0) is 6.41. The molecule has 0 nitrogen and oxygen atoms in total. The van der Waals surface area contributed by atoms with Gasteiger partial charge in [0, 0.05) is 17.1 Å². The van der Waals surface area contributed by atoms with Crippen LogP contribution in [0.15, 0.2) is 0 Å². The normalized spacial score (nSPS) is 20.2. The summed E-state index contributed by atoms with van der Waals surface area (Å²) >= 11 is -11.2. The zero-order valence-corrected chi connectivity index (χ0v) is 6.73. The first-order valence-electron chi connectivity index (χ1n) is 1.01. The van der Waals surface area contributed by atoms with Crippen LogP contribution in [0, 0.1) is 0 Å². The Bertz CT molecular complexity index is 67.1. The molecule has 0 heterocycles. The molecule has 0 aromatic carbocycles. The molecular formula is F6FeSb-. The standard InChI is InChI=1S/6FH.Fe.Sb/h6*1H;;/q;;;;;;;+5/p-6. The molecule has 0 fully saturated rings. The van der Waals surface area contributed by atoms with Crippen LogP contribution in [-0.2, 0) is 17.1 Å². The molecule has 0 bridgehead atoms. The van der Waals surface area contributed by atoms with E-state index in [1.807, 2.05) is 0 Å². The zero-order valence-electron chi connectivity index (χ0n) is 3.07. The van der Waals surface area contributed by atoms with Gasteiger partial charge in [0.05, 0.1) is 0 Å². The van der Waals surface area contributed by atoms with Crippen LogP contribution in [0.2, 0.25) is 0 Å². The maximum Gasteiger partial charge on any atom is 0 e. The van der Waals surface area contributed by atoms with E-state index in [1.54, 1.807) is 0 Å². The van der Waals surface area contributed by atoms with Crippen LogP contribution in [0.3, 0.4) is 0 Å². The Morgan fingerprint density at radius 2 is 0.625 bits per heavy atom. The smallest absolute Gasteiger partial charge is 0 e. The third-order valence-corrected chi connectivity index (χ3v) is 0. The van der Waals surface area contributed by atoms with E-state index in [0.29, 0.717) is 0 Å². The fourth-order valence-electron chi connectivity index (χ4n) is 0. The quantitative estimate of drug-likeness (QED) is 0.474. The molecule has 0 aromatic heterocycles. The van der Waals surface area contributed by atoms with Gasteiger partial charge in [0.25, 0.3) is 0 Å². The minimum absolute atomic E-state index is 0. The van der Waals surface area contributed by atoms with Gasteiger partial charge in [0.2, 0.25) is 0 Å². The van der Waals surface area contributed by atoms with E-state index in [4.69, 9.17) is 0 Å². The summed E-state index contributed by atoms with van der Waals surface area (Å²) in [5.74, 6) is 0. The minimum Gasteiger partial charge on any atom is 0 e. The molecule has 0 amide bonds. The monoisotopic (exact) mass is 291 g/mol. The van der Waals surface area contributed by atoms with Crippen LogP contribution < -0.4 is 0 Å². The summed E-state index contributed by atoms with van der Waals surface area (Å²) in [4.78, 5) is 0. The summed E-state index contributed by atoms with van der Waals surface area (Å²) in [6.07, 6.45) is 0. The molecule has 0 saturated heterocycles. The van der Waals surface area contributed by atoms with Crippen molar-refractivity contribution in [2.45, 2.75) is 0 Å². The van der Waals surface area contributed by atoms with Gasteiger partial charge in [0.15, 0.2) is 0 Å². The van der Waals surface area contributed by atoms with Crippen molar-refractivity contribution in [1.29, 1.82) is 0 Å². The van der Waals surface area contributed by atoms with Crippen LogP contribution in [-0.4, -0.2) is 19.5 Å². The predicted octanol–water partition coefficient (Wildman–Crippen LogP) is 2.14. The Balaban J connectivity index is 0. The third kappa shape index (κ3) is 288. The van der Waals surface area contributed by atoms with Gasteiger partial charge in [-0.15, -0.1) is 0 Å². The molecule has 56 valence electrons. The van der Waals surface area contributed by atoms with E-state index in [1.165, 1.54) is 0 Å². The van der Waals surface area contributed by atoms with Gasteiger partial charge in [-0.3, -0.25) is 0 Å². The molecule has 0 N–H and O–H groups in total. The average molecular weight is 292 g/mol. The molecule has 8 heavy (non-hydrogen) atoms. The van der Waals surface area contributed by atoms with Crippen molar-refractivity contribution >= 4 is 19.5 Å². The average Bonchev–Trinajstić information content (AvgIpc) is 0.592. The van der Waals surface area contributed by atoms with Gasteiger partial charge in [-0.2, -0.15) is 0 Å². The molecule has 0 aliphatic heterocycles. The molecular weight excluding hydrogens is 292 g/mol. The van der Waals surface area contributed by atoms with Crippen molar-refractivity contribution in [2.75, 3.05) is 0 Å². The van der Waals surface area contributed by atoms with Gasteiger partial charge < -0.3 is 0 Å².